The molecule has 1 heterocycles. The Hall–Kier alpha value is -2.24. The lowest BCUT2D eigenvalue weighted by Gasteiger charge is -2.01. The molecule has 0 atom stereocenters. The zero-order valence-corrected chi connectivity index (χ0v) is 7.91. The van der Waals surface area contributed by atoms with Gasteiger partial charge in [-0.25, -0.2) is 8.78 Å². The highest BCUT2D eigenvalue weighted by atomic mass is 19.2. The number of nitrogens with one attached hydrogen (secondary N) is 1. The van der Waals surface area contributed by atoms with E-state index in [0.29, 0.717) is 5.69 Å². The van der Waals surface area contributed by atoms with E-state index in [1.807, 2.05) is 0 Å². The van der Waals surface area contributed by atoms with Crippen LogP contribution < -0.4 is 5.32 Å². The van der Waals surface area contributed by atoms with Crippen LogP contribution in [-0.4, -0.2) is 11.1 Å². The molecule has 16 heavy (non-hydrogen) atoms. The van der Waals surface area contributed by atoms with Crippen LogP contribution in [0.4, 0.5) is 14.5 Å². The van der Waals surface area contributed by atoms with Crippen molar-refractivity contribution in [3.05, 3.63) is 47.9 Å². The second kappa shape index (κ2) is 4.09. The molecule has 0 bridgehead atoms. The first-order valence-electron chi connectivity index (χ1n) is 4.32. The van der Waals surface area contributed by atoms with E-state index in [-0.39, 0.29) is 5.56 Å². The van der Waals surface area contributed by atoms with E-state index in [9.17, 15) is 13.6 Å². The van der Waals surface area contributed by atoms with Gasteiger partial charge in [-0.1, -0.05) is 5.16 Å². The number of hydrogen-bond donors (Lipinski definition) is 1. The van der Waals surface area contributed by atoms with Crippen molar-refractivity contribution in [1.82, 2.24) is 5.16 Å². The van der Waals surface area contributed by atoms with Crippen LogP contribution in [0.1, 0.15) is 10.4 Å². The normalized spacial score (nSPS) is 10.1. The van der Waals surface area contributed by atoms with Gasteiger partial charge in [0.2, 0.25) is 0 Å². The van der Waals surface area contributed by atoms with Crippen molar-refractivity contribution in [1.29, 1.82) is 0 Å². The third kappa shape index (κ3) is 2.05. The lowest BCUT2D eigenvalue weighted by atomic mass is 10.2. The summed E-state index contributed by atoms with van der Waals surface area (Å²) in [5.74, 6) is -2.64. The summed E-state index contributed by atoms with van der Waals surface area (Å²) < 4.78 is 29.9. The van der Waals surface area contributed by atoms with Gasteiger partial charge in [0.25, 0.3) is 5.91 Å². The molecule has 0 aliphatic heterocycles. The monoisotopic (exact) mass is 224 g/mol. The summed E-state index contributed by atoms with van der Waals surface area (Å²) in [4.78, 5) is 11.5. The molecule has 0 aliphatic carbocycles. The fraction of sp³-hybridized carbons (Fsp3) is 0. The van der Waals surface area contributed by atoms with Crippen LogP contribution in [0.5, 0.6) is 0 Å². The maximum Gasteiger partial charge on any atom is 0.255 e. The Morgan fingerprint density at radius 1 is 1.31 bits per heavy atom. The standard InChI is InChI=1S/C10H6F2N2O2/c11-8-2-1-6(3-9(8)12)10(15)14-7-4-13-16-5-7/h1-5H,(H,14,15). The Kier molecular flexibility index (Phi) is 2.63. The zero-order valence-electron chi connectivity index (χ0n) is 7.91. The summed E-state index contributed by atoms with van der Waals surface area (Å²) in [7, 11) is 0. The predicted molar refractivity (Wildman–Crippen MR) is 50.8 cm³/mol. The number of nitrogens with zero attached hydrogens (tertiary/aromatic N) is 1. The molecule has 0 unspecified atom stereocenters. The van der Waals surface area contributed by atoms with Gasteiger partial charge in [-0.2, -0.15) is 0 Å². The zero-order chi connectivity index (χ0) is 11.5. The molecule has 1 amide bonds. The first-order chi connectivity index (χ1) is 7.66. The fourth-order valence-electron chi connectivity index (χ4n) is 1.11. The van der Waals surface area contributed by atoms with Crippen LogP contribution >= 0.6 is 0 Å². The largest absolute Gasteiger partial charge is 0.363 e. The summed E-state index contributed by atoms with van der Waals surface area (Å²) in [6.45, 7) is 0. The number of aromatic nitrogens is 1. The van der Waals surface area contributed by atoms with E-state index in [2.05, 4.69) is 15.0 Å². The summed E-state index contributed by atoms with van der Waals surface area (Å²) in [6, 6.07) is 2.89. The Balaban J connectivity index is 2.18. The Labute approximate surface area is 88.9 Å². The molecule has 0 saturated heterocycles. The molecule has 4 nitrogen and oxygen atoms in total. The summed E-state index contributed by atoms with van der Waals surface area (Å²) in [5.41, 5.74) is 0.356. The fourth-order valence-corrected chi connectivity index (χ4v) is 1.11. The third-order valence-electron chi connectivity index (χ3n) is 1.87. The van der Waals surface area contributed by atoms with E-state index in [4.69, 9.17) is 0 Å². The first kappa shape index (κ1) is 10.3. The molecule has 0 radical (unpaired) electrons. The van der Waals surface area contributed by atoms with Gasteiger partial charge in [0.1, 0.15) is 12.0 Å². The average Bonchev–Trinajstić information content (AvgIpc) is 2.74. The highest BCUT2D eigenvalue weighted by Crippen LogP contribution is 2.11. The van der Waals surface area contributed by atoms with E-state index in [1.165, 1.54) is 18.5 Å². The third-order valence-corrected chi connectivity index (χ3v) is 1.87. The first-order valence-corrected chi connectivity index (χ1v) is 4.32. The molecular weight excluding hydrogens is 218 g/mol. The van der Waals surface area contributed by atoms with Crippen molar-refractivity contribution in [2.75, 3.05) is 5.32 Å². The summed E-state index contributed by atoms with van der Waals surface area (Å²) in [5, 5.41) is 5.78. The average molecular weight is 224 g/mol. The van der Waals surface area contributed by atoms with Gasteiger partial charge >= 0.3 is 0 Å². The van der Waals surface area contributed by atoms with Gasteiger partial charge in [-0.3, -0.25) is 4.79 Å². The van der Waals surface area contributed by atoms with Gasteiger partial charge in [-0.15, -0.1) is 0 Å². The molecule has 0 spiro atoms. The summed E-state index contributed by atoms with van der Waals surface area (Å²) in [6.07, 6.45) is 2.51. The van der Waals surface area contributed by atoms with Gasteiger partial charge in [0, 0.05) is 5.56 Å². The van der Waals surface area contributed by atoms with Crippen LogP contribution in [0, 0.1) is 11.6 Å². The number of benzene rings is 1. The highest BCUT2D eigenvalue weighted by Gasteiger charge is 2.10. The van der Waals surface area contributed by atoms with Gasteiger partial charge in [0.05, 0.1) is 6.20 Å². The minimum atomic E-state index is -1.07. The minimum Gasteiger partial charge on any atom is -0.363 e. The van der Waals surface area contributed by atoms with Crippen molar-refractivity contribution in [3.8, 4) is 0 Å². The van der Waals surface area contributed by atoms with Crippen molar-refractivity contribution in [2.45, 2.75) is 0 Å². The van der Waals surface area contributed by atoms with E-state index < -0.39 is 17.5 Å². The molecule has 6 heteroatoms. The number of amides is 1. The molecule has 0 fully saturated rings. The molecule has 0 saturated carbocycles. The van der Waals surface area contributed by atoms with E-state index in [0.717, 1.165) is 12.1 Å². The Morgan fingerprint density at radius 2 is 2.12 bits per heavy atom. The van der Waals surface area contributed by atoms with E-state index in [1.54, 1.807) is 0 Å². The molecule has 2 rings (SSSR count). The number of carbonyl (C=O) groups is 1. The number of anilines is 1. The van der Waals surface area contributed by atoms with Crippen molar-refractivity contribution < 1.29 is 18.1 Å². The molecule has 1 aromatic carbocycles. The minimum absolute atomic E-state index is 0.0140. The molecule has 82 valence electrons. The van der Waals surface area contributed by atoms with Gasteiger partial charge in [-0.05, 0) is 18.2 Å². The van der Waals surface area contributed by atoms with Crippen LogP contribution in [0.2, 0.25) is 0 Å². The smallest absolute Gasteiger partial charge is 0.255 e. The van der Waals surface area contributed by atoms with Crippen molar-refractivity contribution >= 4 is 11.6 Å². The molecule has 1 N–H and O–H groups in total. The number of rotatable bonds is 2. The van der Waals surface area contributed by atoms with Crippen molar-refractivity contribution in [2.24, 2.45) is 0 Å². The maximum absolute atomic E-state index is 12.8. The number of halogens is 2. The number of carbonyl (C=O) groups excluding carboxylic acids is 1. The second-order valence-electron chi connectivity index (χ2n) is 3.00. The van der Waals surface area contributed by atoms with Crippen LogP contribution in [0.3, 0.4) is 0 Å². The highest BCUT2D eigenvalue weighted by molar-refractivity contribution is 6.04. The van der Waals surface area contributed by atoms with Crippen LogP contribution in [0.25, 0.3) is 0 Å². The topological polar surface area (TPSA) is 55.1 Å². The lowest BCUT2D eigenvalue weighted by molar-refractivity contribution is 0.102. The van der Waals surface area contributed by atoms with Crippen LogP contribution in [0.15, 0.2) is 35.2 Å². The van der Waals surface area contributed by atoms with E-state index >= 15 is 0 Å². The quantitative estimate of drug-likeness (QED) is 0.850. The van der Waals surface area contributed by atoms with Crippen LogP contribution in [-0.2, 0) is 0 Å². The SMILES string of the molecule is O=C(Nc1cnoc1)c1ccc(F)c(F)c1. The van der Waals surface area contributed by atoms with Gasteiger partial charge < -0.3 is 9.84 Å². The molecular formula is C10H6F2N2O2. The van der Waals surface area contributed by atoms with Gasteiger partial charge in [0.15, 0.2) is 11.6 Å². The Morgan fingerprint density at radius 3 is 2.75 bits per heavy atom. The lowest BCUT2D eigenvalue weighted by Crippen LogP contribution is -2.11. The summed E-state index contributed by atoms with van der Waals surface area (Å²) >= 11 is 0. The molecule has 0 aliphatic rings. The molecule has 2 aromatic rings. The maximum atomic E-state index is 12.8. The molecule has 1 aromatic heterocycles. The second-order valence-corrected chi connectivity index (χ2v) is 3.00. The number of hydrogen-bond acceptors (Lipinski definition) is 3. The predicted octanol–water partition coefficient (Wildman–Crippen LogP) is 2.21. The van der Waals surface area contributed by atoms with Crippen molar-refractivity contribution in [3.63, 3.8) is 0 Å². The Bertz CT molecular complexity index is 512.